The summed E-state index contributed by atoms with van der Waals surface area (Å²) in [6.07, 6.45) is 9.77. The van der Waals surface area contributed by atoms with Crippen molar-refractivity contribution >= 4 is 12.1 Å². The zero-order chi connectivity index (χ0) is 14.7. The van der Waals surface area contributed by atoms with Crippen molar-refractivity contribution in [3.63, 3.8) is 0 Å². The van der Waals surface area contributed by atoms with Gasteiger partial charge in [-0.15, -0.1) is 0 Å². The van der Waals surface area contributed by atoms with Crippen LogP contribution in [-0.2, 0) is 4.79 Å². The number of rotatable bonds is 4. The topological polar surface area (TPSA) is 35.9 Å². The number of piperazine rings is 1. The molecule has 4 nitrogen and oxygen atoms in total. The van der Waals surface area contributed by atoms with Gasteiger partial charge in [-0.25, -0.2) is 4.99 Å². The van der Waals surface area contributed by atoms with E-state index in [4.69, 9.17) is 0 Å². The van der Waals surface area contributed by atoms with E-state index in [2.05, 4.69) is 14.8 Å². The molecule has 1 heterocycles. The average molecular weight is 291 g/mol. The van der Waals surface area contributed by atoms with Crippen LogP contribution in [0.5, 0.6) is 0 Å². The summed E-state index contributed by atoms with van der Waals surface area (Å²) in [5.74, 6) is 1.48. The van der Waals surface area contributed by atoms with Gasteiger partial charge in [-0.05, 0) is 50.4 Å². The van der Waals surface area contributed by atoms with E-state index in [-0.39, 0.29) is 5.91 Å². The van der Waals surface area contributed by atoms with Crippen molar-refractivity contribution in [1.29, 1.82) is 0 Å². The van der Waals surface area contributed by atoms with Gasteiger partial charge in [0, 0.05) is 51.9 Å². The summed E-state index contributed by atoms with van der Waals surface area (Å²) in [7, 11) is 0. The third kappa shape index (κ3) is 4.62. The predicted octanol–water partition coefficient (Wildman–Crippen LogP) is 2.19. The van der Waals surface area contributed by atoms with Crippen LogP contribution in [0.15, 0.2) is 4.99 Å². The molecule has 21 heavy (non-hydrogen) atoms. The van der Waals surface area contributed by atoms with E-state index in [9.17, 15) is 4.79 Å². The Morgan fingerprint density at radius 1 is 1.05 bits per heavy atom. The molecule has 0 unspecified atom stereocenters. The van der Waals surface area contributed by atoms with Crippen molar-refractivity contribution in [1.82, 2.24) is 9.80 Å². The molecule has 1 amide bonds. The van der Waals surface area contributed by atoms with Crippen molar-refractivity contribution in [2.45, 2.75) is 51.5 Å². The van der Waals surface area contributed by atoms with Crippen LogP contribution in [0.1, 0.15) is 45.4 Å². The second kappa shape index (κ2) is 7.01. The molecular weight excluding hydrogens is 262 g/mol. The van der Waals surface area contributed by atoms with Crippen LogP contribution in [0.25, 0.3) is 0 Å². The van der Waals surface area contributed by atoms with Gasteiger partial charge in [0.15, 0.2) is 0 Å². The van der Waals surface area contributed by atoms with Crippen LogP contribution in [0, 0.1) is 11.8 Å². The molecule has 0 aromatic rings. The van der Waals surface area contributed by atoms with Gasteiger partial charge in [-0.2, -0.15) is 0 Å². The van der Waals surface area contributed by atoms with E-state index < -0.39 is 0 Å². The Morgan fingerprint density at radius 2 is 1.71 bits per heavy atom. The maximum Gasteiger partial charge on any atom is 0.242 e. The van der Waals surface area contributed by atoms with Crippen LogP contribution in [0.3, 0.4) is 0 Å². The van der Waals surface area contributed by atoms with Gasteiger partial charge < -0.3 is 4.90 Å². The Bertz CT molecular complexity index is 375. The van der Waals surface area contributed by atoms with Crippen molar-refractivity contribution in [3.05, 3.63) is 0 Å². The van der Waals surface area contributed by atoms with E-state index >= 15 is 0 Å². The lowest BCUT2D eigenvalue weighted by Gasteiger charge is -2.41. The van der Waals surface area contributed by atoms with Gasteiger partial charge in [-0.1, -0.05) is 0 Å². The molecule has 0 atom stereocenters. The summed E-state index contributed by atoms with van der Waals surface area (Å²) in [4.78, 5) is 20.2. The molecule has 0 spiro atoms. The Kier molecular flexibility index (Phi) is 5.07. The van der Waals surface area contributed by atoms with Crippen LogP contribution >= 0.6 is 0 Å². The lowest BCUT2D eigenvalue weighted by Crippen LogP contribution is -2.51. The highest BCUT2D eigenvalue weighted by Crippen LogP contribution is 2.31. The zero-order valence-corrected chi connectivity index (χ0v) is 13.3. The minimum atomic E-state index is -0.0658. The molecule has 4 heteroatoms. The highest BCUT2D eigenvalue weighted by Gasteiger charge is 2.30. The van der Waals surface area contributed by atoms with Gasteiger partial charge in [0.1, 0.15) is 0 Å². The lowest BCUT2D eigenvalue weighted by atomic mass is 9.86. The predicted molar refractivity (Wildman–Crippen MR) is 85.7 cm³/mol. The Labute approximate surface area is 128 Å². The van der Waals surface area contributed by atoms with E-state index in [0.717, 1.165) is 12.0 Å². The molecule has 1 aliphatic heterocycles. The molecular formula is C17H29N3O. The second-order valence-corrected chi connectivity index (χ2v) is 7.15. The van der Waals surface area contributed by atoms with Gasteiger partial charge in [0.25, 0.3) is 0 Å². The number of carbonyl (C=O) groups excluding carboxylic acids is 1. The van der Waals surface area contributed by atoms with Crippen molar-refractivity contribution < 1.29 is 4.79 Å². The van der Waals surface area contributed by atoms with E-state index in [1.165, 1.54) is 78.2 Å². The first-order chi connectivity index (χ1) is 10.2. The minimum absolute atomic E-state index is 0.0658. The smallest absolute Gasteiger partial charge is 0.242 e. The van der Waals surface area contributed by atoms with Crippen molar-refractivity contribution in [3.8, 4) is 0 Å². The number of amides is 1. The lowest BCUT2D eigenvalue weighted by molar-refractivity contribution is -0.115. The van der Waals surface area contributed by atoms with E-state index in [0.29, 0.717) is 5.92 Å². The Hall–Kier alpha value is -0.740. The molecule has 0 radical (unpaired) electrons. The van der Waals surface area contributed by atoms with Gasteiger partial charge in [-0.3, -0.25) is 9.69 Å². The van der Waals surface area contributed by atoms with Crippen LogP contribution in [0.2, 0.25) is 0 Å². The van der Waals surface area contributed by atoms with Gasteiger partial charge >= 0.3 is 0 Å². The third-order valence-electron chi connectivity index (χ3n) is 5.35. The largest absolute Gasteiger partial charge is 0.301 e. The van der Waals surface area contributed by atoms with E-state index in [1.807, 2.05) is 6.21 Å². The van der Waals surface area contributed by atoms with Crippen LogP contribution in [0.4, 0.5) is 0 Å². The highest BCUT2D eigenvalue weighted by molar-refractivity contribution is 5.83. The summed E-state index contributed by atoms with van der Waals surface area (Å²) in [6, 6.07) is 0.773. The second-order valence-electron chi connectivity index (χ2n) is 7.15. The summed E-state index contributed by atoms with van der Waals surface area (Å²) in [6.45, 7) is 7.92. The molecule has 1 saturated heterocycles. The van der Waals surface area contributed by atoms with E-state index in [1.54, 1.807) is 0 Å². The Balaban J connectivity index is 1.37. The first kappa shape index (κ1) is 15.2. The molecule has 0 bridgehead atoms. The quantitative estimate of drug-likeness (QED) is 0.745. The molecule has 2 saturated carbocycles. The monoisotopic (exact) mass is 291 g/mol. The fraction of sp³-hybridized carbons (Fsp3) is 0.882. The molecule has 118 valence electrons. The number of hydrogen-bond acceptors (Lipinski definition) is 3. The maximum absolute atomic E-state index is 10.9. The van der Waals surface area contributed by atoms with Crippen molar-refractivity contribution in [2.24, 2.45) is 16.8 Å². The first-order valence-electron chi connectivity index (χ1n) is 8.72. The molecule has 3 rings (SSSR count). The van der Waals surface area contributed by atoms with Gasteiger partial charge in [0.2, 0.25) is 5.91 Å². The Morgan fingerprint density at radius 3 is 2.29 bits per heavy atom. The standard InChI is InChI=1S/C17H29N3O/c1-14(21)18-12-15-4-6-17(7-5-15)20-10-8-19(9-11-20)13-16-2-3-16/h12,15-17H,2-11,13H2,1H3. The SMILES string of the molecule is CC(=O)N=CC1CCC(N2CCN(CC3CC3)CC2)CC1. The molecule has 0 aromatic carbocycles. The van der Waals surface area contributed by atoms with Crippen LogP contribution in [-0.4, -0.2) is 60.7 Å². The van der Waals surface area contributed by atoms with Gasteiger partial charge in [0.05, 0.1) is 0 Å². The normalized spacial score (nSPS) is 32.6. The number of hydrogen-bond donors (Lipinski definition) is 0. The third-order valence-corrected chi connectivity index (χ3v) is 5.35. The fourth-order valence-electron chi connectivity index (χ4n) is 3.80. The average Bonchev–Trinajstić information content (AvgIpc) is 3.30. The number of nitrogens with zero attached hydrogens (tertiary/aromatic N) is 3. The number of aliphatic imine (C=N–C) groups is 1. The maximum atomic E-state index is 10.9. The summed E-state index contributed by atoms with van der Waals surface area (Å²) in [5, 5.41) is 0. The first-order valence-corrected chi connectivity index (χ1v) is 8.72. The molecule has 2 aliphatic carbocycles. The van der Waals surface area contributed by atoms with Crippen LogP contribution < -0.4 is 0 Å². The molecule has 0 aromatic heterocycles. The highest BCUT2D eigenvalue weighted by atomic mass is 16.1. The minimum Gasteiger partial charge on any atom is -0.301 e. The molecule has 0 N–H and O–H groups in total. The summed E-state index contributed by atoms with van der Waals surface area (Å²) in [5.41, 5.74) is 0. The van der Waals surface area contributed by atoms with Crippen molar-refractivity contribution in [2.75, 3.05) is 32.7 Å². The summed E-state index contributed by atoms with van der Waals surface area (Å²) >= 11 is 0. The fourth-order valence-corrected chi connectivity index (χ4v) is 3.80. The summed E-state index contributed by atoms with van der Waals surface area (Å²) < 4.78 is 0. The molecule has 3 fully saturated rings. The molecule has 3 aliphatic rings. The number of carbonyl (C=O) groups is 1. The zero-order valence-electron chi connectivity index (χ0n) is 13.3.